The number of carbonyl (C=O) groups is 1. The van der Waals surface area contributed by atoms with Crippen molar-refractivity contribution in [2.24, 2.45) is 5.92 Å². The van der Waals surface area contributed by atoms with E-state index >= 15 is 0 Å². The Hall–Kier alpha value is -2.11. The molecule has 21 heavy (non-hydrogen) atoms. The van der Waals surface area contributed by atoms with Gasteiger partial charge in [0.25, 0.3) is 5.91 Å². The molecule has 0 bridgehead atoms. The first-order valence-corrected chi connectivity index (χ1v) is 7.40. The lowest BCUT2D eigenvalue weighted by Crippen LogP contribution is -2.27. The van der Waals surface area contributed by atoms with E-state index in [-0.39, 0.29) is 16.9 Å². The van der Waals surface area contributed by atoms with Gasteiger partial charge in [-0.25, -0.2) is 0 Å². The minimum Gasteiger partial charge on any atom is -0.393 e. The monoisotopic (exact) mass is 291 g/mol. The molecule has 1 saturated carbocycles. The maximum absolute atomic E-state index is 12.1. The number of nitro groups is 1. The molecule has 3 N–H and O–H groups in total. The first-order valence-electron chi connectivity index (χ1n) is 7.40. The van der Waals surface area contributed by atoms with Gasteiger partial charge in [-0.2, -0.15) is 0 Å². The van der Waals surface area contributed by atoms with Crippen LogP contribution in [0.1, 0.15) is 48.9 Å². The third-order valence-corrected chi connectivity index (χ3v) is 4.06. The first-order chi connectivity index (χ1) is 10.1. The van der Waals surface area contributed by atoms with Crippen LogP contribution in [-0.4, -0.2) is 17.4 Å². The number of nitrogens with two attached hydrogens (primary N) is 1. The average Bonchev–Trinajstić information content (AvgIpc) is 2.47. The van der Waals surface area contributed by atoms with Crippen molar-refractivity contribution in [3.8, 4) is 0 Å². The smallest absolute Gasteiger partial charge is 0.304 e. The van der Waals surface area contributed by atoms with Crippen LogP contribution in [0.2, 0.25) is 0 Å². The van der Waals surface area contributed by atoms with Gasteiger partial charge in [-0.15, -0.1) is 0 Å². The maximum Gasteiger partial charge on any atom is 0.304 e. The maximum atomic E-state index is 12.1. The fourth-order valence-electron chi connectivity index (χ4n) is 2.91. The zero-order chi connectivity index (χ0) is 15.2. The quantitative estimate of drug-likeness (QED) is 0.495. The number of nitrogens with zero attached hydrogens (tertiary/aromatic N) is 1. The first kappa shape index (κ1) is 15.3. The summed E-state index contributed by atoms with van der Waals surface area (Å²) in [4.78, 5) is 22.5. The summed E-state index contributed by atoms with van der Waals surface area (Å²) in [5, 5.41) is 13.8. The molecule has 6 nitrogen and oxygen atoms in total. The molecule has 2 rings (SSSR count). The molecule has 0 aliphatic heterocycles. The normalized spacial score (nSPS) is 15.6. The molecule has 0 atom stereocenters. The second-order valence-corrected chi connectivity index (χ2v) is 5.55. The van der Waals surface area contributed by atoms with E-state index in [1.54, 1.807) is 6.07 Å². The zero-order valence-corrected chi connectivity index (χ0v) is 12.0. The number of carbonyl (C=O) groups excluding carboxylic acids is 1. The van der Waals surface area contributed by atoms with Crippen LogP contribution in [0.15, 0.2) is 18.2 Å². The highest BCUT2D eigenvalue weighted by Crippen LogP contribution is 2.27. The molecule has 0 heterocycles. The summed E-state index contributed by atoms with van der Waals surface area (Å²) in [6.07, 6.45) is 7.20. The van der Waals surface area contributed by atoms with E-state index in [1.807, 2.05) is 0 Å². The zero-order valence-electron chi connectivity index (χ0n) is 12.0. The fraction of sp³-hybridized carbons (Fsp3) is 0.533. The third-order valence-electron chi connectivity index (χ3n) is 4.06. The Labute approximate surface area is 123 Å². The van der Waals surface area contributed by atoms with E-state index < -0.39 is 10.8 Å². The van der Waals surface area contributed by atoms with Crippen molar-refractivity contribution in [2.45, 2.75) is 38.5 Å². The van der Waals surface area contributed by atoms with Crippen LogP contribution in [0.4, 0.5) is 11.4 Å². The molecular weight excluding hydrogens is 270 g/mol. The van der Waals surface area contributed by atoms with E-state index in [2.05, 4.69) is 5.32 Å². The van der Waals surface area contributed by atoms with Crippen molar-refractivity contribution in [1.29, 1.82) is 0 Å². The van der Waals surface area contributed by atoms with Gasteiger partial charge in [-0.05, 0) is 24.5 Å². The largest absolute Gasteiger partial charge is 0.393 e. The molecule has 1 aromatic rings. The van der Waals surface area contributed by atoms with Crippen LogP contribution in [0.3, 0.4) is 0 Å². The Morgan fingerprint density at radius 2 is 2.05 bits per heavy atom. The van der Waals surface area contributed by atoms with Crippen LogP contribution in [-0.2, 0) is 0 Å². The van der Waals surface area contributed by atoms with E-state index in [9.17, 15) is 14.9 Å². The third kappa shape index (κ3) is 3.93. The number of para-hydroxylation sites is 1. The Balaban J connectivity index is 1.94. The molecule has 1 amide bonds. The lowest BCUT2D eigenvalue weighted by atomic mass is 9.87. The number of amides is 1. The predicted molar refractivity (Wildman–Crippen MR) is 81.0 cm³/mol. The number of nitrogens with one attached hydrogen (secondary N) is 1. The van der Waals surface area contributed by atoms with Crippen LogP contribution in [0.25, 0.3) is 0 Å². The highest BCUT2D eigenvalue weighted by atomic mass is 16.6. The van der Waals surface area contributed by atoms with Crippen LogP contribution >= 0.6 is 0 Å². The van der Waals surface area contributed by atoms with Crippen molar-refractivity contribution in [2.75, 3.05) is 12.3 Å². The van der Waals surface area contributed by atoms with Gasteiger partial charge in [-0.1, -0.05) is 38.2 Å². The molecule has 0 radical (unpaired) electrons. The van der Waals surface area contributed by atoms with Crippen LogP contribution in [0, 0.1) is 16.0 Å². The Morgan fingerprint density at radius 3 is 2.71 bits per heavy atom. The fourth-order valence-corrected chi connectivity index (χ4v) is 2.91. The summed E-state index contributed by atoms with van der Waals surface area (Å²) >= 11 is 0. The van der Waals surface area contributed by atoms with Crippen LogP contribution in [0.5, 0.6) is 0 Å². The summed E-state index contributed by atoms with van der Waals surface area (Å²) in [5.41, 5.74) is 5.32. The van der Waals surface area contributed by atoms with Gasteiger partial charge in [0.1, 0.15) is 11.3 Å². The number of benzene rings is 1. The Bertz CT molecular complexity index is 525. The predicted octanol–water partition coefficient (Wildman–Crippen LogP) is 2.88. The molecule has 1 aliphatic rings. The van der Waals surface area contributed by atoms with E-state index in [0.717, 1.165) is 6.42 Å². The standard InChI is InChI=1S/C15H21N3O3/c16-13-8-4-7-12(14(13)18(20)21)15(19)17-10-9-11-5-2-1-3-6-11/h4,7-8,11H,1-3,5-6,9-10,16H2,(H,17,19). The summed E-state index contributed by atoms with van der Waals surface area (Å²) < 4.78 is 0. The summed E-state index contributed by atoms with van der Waals surface area (Å²) in [7, 11) is 0. The van der Waals surface area contributed by atoms with Crippen molar-refractivity contribution in [3.05, 3.63) is 33.9 Å². The van der Waals surface area contributed by atoms with Crippen molar-refractivity contribution in [3.63, 3.8) is 0 Å². The Kier molecular flexibility index (Phi) is 5.14. The van der Waals surface area contributed by atoms with Gasteiger partial charge in [-0.3, -0.25) is 14.9 Å². The minimum atomic E-state index is -0.606. The number of hydrogen-bond donors (Lipinski definition) is 2. The summed E-state index contributed by atoms with van der Waals surface area (Å²) in [6, 6.07) is 4.42. The molecule has 0 aromatic heterocycles. The molecule has 0 unspecified atom stereocenters. The number of nitrogen functional groups attached to an aromatic ring is 1. The molecule has 1 aromatic carbocycles. The van der Waals surface area contributed by atoms with Gasteiger partial charge in [0, 0.05) is 6.54 Å². The molecule has 1 aliphatic carbocycles. The topological polar surface area (TPSA) is 98.3 Å². The number of anilines is 1. The summed E-state index contributed by atoms with van der Waals surface area (Å²) in [6.45, 7) is 0.551. The number of rotatable bonds is 5. The molecule has 114 valence electrons. The van der Waals surface area contributed by atoms with E-state index in [4.69, 9.17) is 5.73 Å². The SMILES string of the molecule is Nc1cccc(C(=O)NCCC2CCCCC2)c1[N+](=O)[O-]. The lowest BCUT2D eigenvalue weighted by molar-refractivity contribution is -0.384. The second kappa shape index (κ2) is 7.06. The molecule has 6 heteroatoms. The van der Waals surface area contributed by atoms with Gasteiger partial charge in [0.2, 0.25) is 0 Å². The van der Waals surface area contributed by atoms with Crippen LogP contribution < -0.4 is 11.1 Å². The Morgan fingerprint density at radius 1 is 1.33 bits per heavy atom. The van der Waals surface area contributed by atoms with Crippen molar-refractivity contribution >= 4 is 17.3 Å². The van der Waals surface area contributed by atoms with E-state index in [1.165, 1.54) is 44.2 Å². The van der Waals surface area contributed by atoms with Crippen molar-refractivity contribution in [1.82, 2.24) is 5.32 Å². The van der Waals surface area contributed by atoms with E-state index in [0.29, 0.717) is 12.5 Å². The molecular formula is C15H21N3O3. The lowest BCUT2D eigenvalue weighted by Gasteiger charge is -2.21. The highest BCUT2D eigenvalue weighted by molar-refractivity contribution is 6.00. The molecule has 0 saturated heterocycles. The summed E-state index contributed by atoms with van der Waals surface area (Å²) in [5.74, 6) is 0.236. The van der Waals surface area contributed by atoms with Gasteiger partial charge < -0.3 is 11.1 Å². The van der Waals surface area contributed by atoms with Gasteiger partial charge in [0.15, 0.2) is 0 Å². The second-order valence-electron chi connectivity index (χ2n) is 5.55. The van der Waals surface area contributed by atoms with Gasteiger partial charge in [0.05, 0.1) is 4.92 Å². The minimum absolute atomic E-state index is 0.0138. The molecule has 1 fully saturated rings. The van der Waals surface area contributed by atoms with Gasteiger partial charge >= 0.3 is 5.69 Å². The van der Waals surface area contributed by atoms with Crippen molar-refractivity contribution < 1.29 is 9.72 Å². The highest BCUT2D eigenvalue weighted by Gasteiger charge is 2.23. The number of hydrogen-bond acceptors (Lipinski definition) is 4. The number of nitro benzene ring substituents is 1. The molecule has 0 spiro atoms. The average molecular weight is 291 g/mol.